The SMILES string of the molecule is C#CC1CCOS(=S)N1C. The Morgan fingerprint density at radius 1 is 1.90 bits per heavy atom. The first-order valence-electron chi connectivity index (χ1n) is 3.00. The molecule has 56 valence electrons. The van der Waals surface area contributed by atoms with Crippen LogP contribution in [0.5, 0.6) is 0 Å². The molecule has 1 saturated heterocycles. The highest BCUT2D eigenvalue weighted by atomic mass is 32.8. The molecule has 1 rings (SSSR count). The molecule has 2 atom stereocenters. The summed E-state index contributed by atoms with van der Waals surface area (Å²) in [6.07, 6.45) is 6.16. The summed E-state index contributed by atoms with van der Waals surface area (Å²) >= 11 is 4.99. The van der Waals surface area contributed by atoms with Crippen molar-refractivity contribution in [2.45, 2.75) is 12.5 Å². The van der Waals surface area contributed by atoms with Crippen LogP contribution in [0.2, 0.25) is 0 Å². The highest BCUT2D eigenvalue weighted by Crippen LogP contribution is 2.11. The minimum Gasteiger partial charge on any atom is -0.300 e. The van der Waals surface area contributed by atoms with Gasteiger partial charge in [0.25, 0.3) is 0 Å². The van der Waals surface area contributed by atoms with Crippen LogP contribution in [0.15, 0.2) is 0 Å². The molecule has 0 aromatic carbocycles. The molecule has 0 aromatic heterocycles. The third-order valence-electron chi connectivity index (χ3n) is 1.44. The molecule has 0 bridgehead atoms. The molecule has 4 heteroatoms. The van der Waals surface area contributed by atoms with E-state index < -0.39 is 9.92 Å². The molecule has 0 radical (unpaired) electrons. The van der Waals surface area contributed by atoms with E-state index in [2.05, 4.69) is 5.92 Å². The Morgan fingerprint density at radius 3 is 3.10 bits per heavy atom. The Morgan fingerprint density at radius 2 is 2.60 bits per heavy atom. The topological polar surface area (TPSA) is 12.5 Å². The molecule has 2 nitrogen and oxygen atoms in total. The van der Waals surface area contributed by atoms with E-state index in [1.54, 1.807) is 0 Å². The van der Waals surface area contributed by atoms with Crippen LogP contribution in [0.3, 0.4) is 0 Å². The van der Waals surface area contributed by atoms with Crippen LogP contribution < -0.4 is 0 Å². The smallest absolute Gasteiger partial charge is 0.0850 e. The van der Waals surface area contributed by atoms with Gasteiger partial charge in [-0.3, -0.25) is 4.18 Å². The van der Waals surface area contributed by atoms with Crippen LogP contribution >= 0.6 is 0 Å². The van der Waals surface area contributed by atoms with E-state index in [1.165, 1.54) is 0 Å². The van der Waals surface area contributed by atoms with Crippen molar-refractivity contribution in [3.63, 3.8) is 0 Å². The van der Waals surface area contributed by atoms with E-state index in [4.69, 9.17) is 21.8 Å². The fourth-order valence-electron chi connectivity index (χ4n) is 0.788. The largest absolute Gasteiger partial charge is 0.300 e. The van der Waals surface area contributed by atoms with Crippen molar-refractivity contribution in [2.24, 2.45) is 0 Å². The van der Waals surface area contributed by atoms with E-state index in [-0.39, 0.29) is 6.04 Å². The summed E-state index contributed by atoms with van der Waals surface area (Å²) in [4.78, 5) is 0. The number of nitrogens with zero attached hydrogens (tertiary/aromatic N) is 1. The first kappa shape index (κ1) is 8.15. The minimum atomic E-state index is -0.491. The molecule has 2 unspecified atom stereocenters. The van der Waals surface area contributed by atoms with Gasteiger partial charge >= 0.3 is 0 Å². The normalized spacial score (nSPS) is 35.2. The fraction of sp³-hybridized carbons (Fsp3) is 0.667. The van der Waals surface area contributed by atoms with Gasteiger partial charge in [0.1, 0.15) is 0 Å². The van der Waals surface area contributed by atoms with Gasteiger partial charge in [-0.2, -0.15) is 0 Å². The number of hydrogen-bond donors (Lipinski definition) is 0. The monoisotopic (exact) mass is 175 g/mol. The summed E-state index contributed by atoms with van der Waals surface area (Å²) in [6.45, 7) is 0.700. The first-order valence-corrected chi connectivity index (χ1v) is 5.03. The lowest BCUT2D eigenvalue weighted by molar-refractivity contribution is 0.257. The van der Waals surface area contributed by atoms with Gasteiger partial charge in [0, 0.05) is 7.05 Å². The molecular formula is C6H9NOS2. The Bertz CT molecular complexity index is 187. The molecule has 10 heavy (non-hydrogen) atoms. The molecule has 1 aliphatic rings. The third kappa shape index (κ3) is 1.55. The number of hydrogen-bond acceptors (Lipinski definition) is 2. The minimum absolute atomic E-state index is 0.176. The molecule has 1 heterocycles. The summed E-state index contributed by atoms with van der Waals surface area (Å²) in [5.41, 5.74) is 0. The Hall–Kier alpha value is 0.0500. The third-order valence-corrected chi connectivity index (χ3v) is 3.53. The van der Waals surface area contributed by atoms with Crippen LogP contribution in [0.25, 0.3) is 0 Å². The van der Waals surface area contributed by atoms with Crippen molar-refractivity contribution < 1.29 is 4.18 Å². The van der Waals surface area contributed by atoms with E-state index in [0.717, 1.165) is 6.42 Å². The summed E-state index contributed by atoms with van der Waals surface area (Å²) in [5, 5.41) is 0. The van der Waals surface area contributed by atoms with Crippen LogP contribution in [0.1, 0.15) is 6.42 Å². The average Bonchev–Trinajstić information content (AvgIpc) is 1.95. The van der Waals surface area contributed by atoms with E-state index in [1.807, 2.05) is 11.4 Å². The maximum Gasteiger partial charge on any atom is 0.0850 e. The van der Waals surface area contributed by atoms with Gasteiger partial charge in [0.05, 0.1) is 22.6 Å². The zero-order valence-electron chi connectivity index (χ0n) is 5.74. The predicted molar refractivity (Wildman–Crippen MR) is 45.7 cm³/mol. The van der Waals surface area contributed by atoms with E-state index in [0.29, 0.717) is 6.61 Å². The summed E-state index contributed by atoms with van der Waals surface area (Å²) in [6, 6.07) is 0.176. The standard InChI is InChI=1S/C6H9NOS2/c1-3-6-4-5-8-10(9)7(6)2/h1,6H,4-5H2,2H3. The van der Waals surface area contributed by atoms with E-state index in [9.17, 15) is 0 Å². The quantitative estimate of drug-likeness (QED) is 0.490. The lowest BCUT2D eigenvalue weighted by Crippen LogP contribution is -2.38. The average molecular weight is 175 g/mol. The maximum absolute atomic E-state index is 5.27. The van der Waals surface area contributed by atoms with Crippen molar-refractivity contribution in [3.8, 4) is 12.3 Å². The predicted octanol–water partition coefficient (Wildman–Crippen LogP) is 0.250. The van der Waals surface area contributed by atoms with Crippen LogP contribution in [0, 0.1) is 12.3 Å². The highest BCUT2D eigenvalue weighted by Gasteiger charge is 2.20. The Kier molecular flexibility index (Phi) is 2.81. The number of rotatable bonds is 0. The fourth-order valence-corrected chi connectivity index (χ4v) is 2.08. The zero-order chi connectivity index (χ0) is 7.56. The van der Waals surface area contributed by atoms with Gasteiger partial charge in [-0.1, -0.05) is 5.92 Å². The van der Waals surface area contributed by atoms with Crippen LogP contribution in [0.4, 0.5) is 0 Å². The van der Waals surface area contributed by atoms with Crippen molar-refractivity contribution in [1.82, 2.24) is 4.31 Å². The molecule has 0 amide bonds. The lowest BCUT2D eigenvalue weighted by Gasteiger charge is -2.28. The molecule has 0 aromatic rings. The second kappa shape index (κ2) is 3.44. The summed E-state index contributed by atoms with van der Waals surface area (Å²) < 4.78 is 7.11. The zero-order valence-corrected chi connectivity index (χ0v) is 7.37. The molecule has 0 aliphatic carbocycles. The van der Waals surface area contributed by atoms with Gasteiger partial charge in [0.15, 0.2) is 0 Å². The van der Waals surface area contributed by atoms with Gasteiger partial charge in [-0.05, 0) is 17.6 Å². The maximum atomic E-state index is 5.27. The molecule has 0 saturated carbocycles. The number of terminal acetylenes is 1. The Labute approximate surface area is 68.5 Å². The van der Waals surface area contributed by atoms with Crippen molar-refractivity contribution in [3.05, 3.63) is 0 Å². The molecule has 1 aliphatic heterocycles. The Balaban J connectivity index is 2.61. The van der Waals surface area contributed by atoms with Gasteiger partial charge in [0.2, 0.25) is 0 Å². The second-order valence-electron chi connectivity index (χ2n) is 2.06. The highest BCUT2D eigenvalue weighted by molar-refractivity contribution is 8.24. The van der Waals surface area contributed by atoms with Crippen molar-refractivity contribution in [1.29, 1.82) is 0 Å². The molecule has 0 N–H and O–H groups in total. The molecular weight excluding hydrogens is 166 g/mol. The molecule has 0 spiro atoms. The lowest BCUT2D eigenvalue weighted by atomic mass is 10.2. The van der Waals surface area contributed by atoms with E-state index >= 15 is 0 Å². The van der Waals surface area contributed by atoms with Gasteiger partial charge < -0.3 is 0 Å². The van der Waals surface area contributed by atoms with Crippen molar-refractivity contribution >= 4 is 21.1 Å². The second-order valence-corrected chi connectivity index (χ2v) is 4.16. The first-order chi connectivity index (χ1) is 4.75. The van der Waals surface area contributed by atoms with Crippen LogP contribution in [-0.2, 0) is 25.3 Å². The van der Waals surface area contributed by atoms with Crippen LogP contribution in [-0.4, -0.2) is 24.0 Å². The van der Waals surface area contributed by atoms with Gasteiger partial charge in [-0.15, -0.1) is 6.42 Å². The summed E-state index contributed by atoms with van der Waals surface area (Å²) in [5.74, 6) is 2.67. The van der Waals surface area contributed by atoms with Gasteiger partial charge in [-0.25, -0.2) is 4.31 Å². The summed E-state index contributed by atoms with van der Waals surface area (Å²) in [7, 11) is 1.41. The van der Waals surface area contributed by atoms with Crippen molar-refractivity contribution in [2.75, 3.05) is 13.7 Å². The molecule has 1 fully saturated rings.